The molecule has 1 unspecified atom stereocenters. The quantitative estimate of drug-likeness (QED) is 0.596. The van der Waals surface area contributed by atoms with Gasteiger partial charge in [-0.3, -0.25) is 15.7 Å². The Balaban J connectivity index is 2.44. The van der Waals surface area contributed by atoms with Crippen molar-refractivity contribution in [3.05, 3.63) is 24.0 Å². The molecule has 2 rings (SSSR count). The van der Waals surface area contributed by atoms with Crippen LogP contribution in [-0.2, 0) is 0 Å². The number of nitrogens with two attached hydrogens (primary N) is 1. The lowest BCUT2D eigenvalue weighted by atomic mass is 9.81. The Labute approximate surface area is 127 Å². The maximum atomic E-state index is 5.96. The lowest BCUT2D eigenvalue weighted by molar-refractivity contribution is 0.0590. The van der Waals surface area contributed by atoms with Crippen molar-refractivity contribution < 1.29 is 4.74 Å². The normalized spacial score (nSPS) is 17.9. The van der Waals surface area contributed by atoms with E-state index in [-0.39, 0.29) is 11.6 Å². The number of likely N-dealkylation sites (tertiary alicyclic amines) is 1. The van der Waals surface area contributed by atoms with Crippen LogP contribution in [0.2, 0.25) is 0 Å². The number of hydrazine groups is 1. The highest BCUT2D eigenvalue weighted by Gasteiger charge is 2.44. The van der Waals surface area contributed by atoms with Crippen LogP contribution in [0.4, 0.5) is 0 Å². The number of hydrogen-bond donors (Lipinski definition) is 2. The molecule has 1 aromatic heterocycles. The molecule has 0 radical (unpaired) electrons. The van der Waals surface area contributed by atoms with E-state index >= 15 is 0 Å². The zero-order chi connectivity index (χ0) is 15.3. The smallest absolute Gasteiger partial charge is 0.142 e. The highest BCUT2D eigenvalue weighted by molar-refractivity contribution is 5.32. The first-order valence-corrected chi connectivity index (χ1v) is 7.93. The zero-order valence-electron chi connectivity index (χ0n) is 13.4. The van der Waals surface area contributed by atoms with Crippen LogP contribution in [0.5, 0.6) is 5.75 Å². The predicted octanol–water partition coefficient (Wildman–Crippen LogP) is 2.25. The number of nitrogens with zero attached hydrogens (tertiary/aromatic N) is 2. The van der Waals surface area contributed by atoms with Gasteiger partial charge in [0.15, 0.2) is 0 Å². The van der Waals surface area contributed by atoms with Gasteiger partial charge in [0.2, 0.25) is 0 Å². The van der Waals surface area contributed by atoms with Crippen LogP contribution in [0, 0.1) is 0 Å². The summed E-state index contributed by atoms with van der Waals surface area (Å²) < 4.78 is 5.50. The number of ether oxygens (including phenoxy) is 1. The SMILES string of the molecule is CCC(CC)(C(NN)c1ncccc1OC)N1CCCC1. The second-order valence-corrected chi connectivity index (χ2v) is 5.70. The summed E-state index contributed by atoms with van der Waals surface area (Å²) in [6, 6.07) is 3.81. The van der Waals surface area contributed by atoms with Crippen molar-refractivity contribution in [3.8, 4) is 5.75 Å². The number of rotatable bonds is 7. The first-order valence-electron chi connectivity index (χ1n) is 7.93. The van der Waals surface area contributed by atoms with Crippen molar-refractivity contribution in [3.63, 3.8) is 0 Å². The van der Waals surface area contributed by atoms with Crippen molar-refractivity contribution in [1.29, 1.82) is 0 Å². The van der Waals surface area contributed by atoms with E-state index in [9.17, 15) is 0 Å². The molecular weight excluding hydrogens is 264 g/mol. The van der Waals surface area contributed by atoms with Crippen LogP contribution >= 0.6 is 0 Å². The van der Waals surface area contributed by atoms with Gasteiger partial charge in [0.25, 0.3) is 0 Å². The lowest BCUT2D eigenvalue weighted by Crippen LogP contribution is -2.56. The third-order valence-electron chi connectivity index (χ3n) is 4.96. The molecule has 5 nitrogen and oxygen atoms in total. The van der Waals surface area contributed by atoms with Gasteiger partial charge >= 0.3 is 0 Å². The fourth-order valence-electron chi connectivity index (χ4n) is 3.73. The number of pyridine rings is 1. The van der Waals surface area contributed by atoms with Gasteiger partial charge in [-0.2, -0.15) is 0 Å². The highest BCUT2D eigenvalue weighted by atomic mass is 16.5. The zero-order valence-corrected chi connectivity index (χ0v) is 13.4. The Morgan fingerprint density at radius 1 is 1.38 bits per heavy atom. The minimum Gasteiger partial charge on any atom is -0.495 e. The second-order valence-electron chi connectivity index (χ2n) is 5.70. The molecule has 0 amide bonds. The minimum atomic E-state index is -0.0400. The summed E-state index contributed by atoms with van der Waals surface area (Å²) in [5.41, 5.74) is 3.91. The fraction of sp³-hybridized carbons (Fsp3) is 0.688. The van der Waals surface area contributed by atoms with Crippen LogP contribution in [0.15, 0.2) is 18.3 Å². The first-order chi connectivity index (χ1) is 10.2. The summed E-state index contributed by atoms with van der Waals surface area (Å²) in [5, 5.41) is 0. The summed E-state index contributed by atoms with van der Waals surface area (Å²) in [4.78, 5) is 7.13. The molecule has 1 aromatic rings. The Bertz CT molecular complexity index is 442. The van der Waals surface area contributed by atoms with E-state index in [0.29, 0.717) is 0 Å². The molecule has 0 aliphatic carbocycles. The Morgan fingerprint density at radius 2 is 2.05 bits per heavy atom. The summed E-state index contributed by atoms with van der Waals surface area (Å²) in [5.74, 6) is 6.76. The average molecular weight is 292 g/mol. The maximum absolute atomic E-state index is 5.96. The minimum absolute atomic E-state index is 0.0209. The van der Waals surface area contributed by atoms with Gasteiger partial charge in [0, 0.05) is 11.7 Å². The van der Waals surface area contributed by atoms with Gasteiger partial charge in [-0.15, -0.1) is 0 Å². The van der Waals surface area contributed by atoms with E-state index in [4.69, 9.17) is 10.6 Å². The van der Waals surface area contributed by atoms with Crippen LogP contribution < -0.4 is 16.0 Å². The molecule has 3 N–H and O–H groups in total. The number of hydrogen-bond acceptors (Lipinski definition) is 5. The fourth-order valence-corrected chi connectivity index (χ4v) is 3.73. The first kappa shape index (κ1) is 16.2. The van der Waals surface area contributed by atoms with E-state index in [2.05, 4.69) is 29.2 Å². The van der Waals surface area contributed by atoms with Crippen LogP contribution in [0.25, 0.3) is 0 Å². The van der Waals surface area contributed by atoms with Crippen LogP contribution in [0.1, 0.15) is 51.3 Å². The van der Waals surface area contributed by atoms with E-state index in [1.54, 1.807) is 7.11 Å². The van der Waals surface area contributed by atoms with E-state index < -0.39 is 0 Å². The van der Waals surface area contributed by atoms with E-state index in [0.717, 1.165) is 37.4 Å². The van der Waals surface area contributed by atoms with Crippen LogP contribution in [-0.4, -0.2) is 35.6 Å². The molecule has 21 heavy (non-hydrogen) atoms. The number of nitrogens with one attached hydrogen (secondary N) is 1. The standard InChI is InChI=1S/C16H28N4O/c1-4-16(5-2,20-11-6-7-12-20)15(19-17)14-13(21-3)9-8-10-18-14/h8-10,15,19H,4-7,11-12,17H2,1-3H3. The third kappa shape index (κ3) is 2.91. The largest absolute Gasteiger partial charge is 0.495 e. The average Bonchev–Trinajstić information content (AvgIpc) is 3.07. The molecule has 0 spiro atoms. The summed E-state index contributed by atoms with van der Waals surface area (Å²) in [6.07, 6.45) is 6.38. The Kier molecular flexibility index (Phi) is 5.56. The maximum Gasteiger partial charge on any atom is 0.142 e. The topological polar surface area (TPSA) is 63.4 Å². The number of aromatic nitrogens is 1. The van der Waals surface area contributed by atoms with Gasteiger partial charge in [0.05, 0.1) is 13.2 Å². The van der Waals surface area contributed by atoms with Gasteiger partial charge < -0.3 is 4.74 Å². The second kappa shape index (κ2) is 7.20. The molecule has 1 aliphatic heterocycles. The molecule has 0 aromatic carbocycles. The molecule has 1 saturated heterocycles. The van der Waals surface area contributed by atoms with Crippen molar-refractivity contribution in [2.75, 3.05) is 20.2 Å². The third-order valence-corrected chi connectivity index (χ3v) is 4.96. The van der Waals surface area contributed by atoms with E-state index in [1.807, 2.05) is 18.3 Å². The van der Waals surface area contributed by atoms with Gasteiger partial charge in [0.1, 0.15) is 11.4 Å². The molecule has 118 valence electrons. The summed E-state index contributed by atoms with van der Waals surface area (Å²) in [7, 11) is 1.68. The van der Waals surface area contributed by atoms with Gasteiger partial charge in [-0.05, 0) is 50.9 Å². The van der Waals surface area contributed by atoms with E-state index in [1.165, 1.54) is 12.8 Å². The Hall–Kier alpha value is -1.17. The molecule has 1 atom stereocenters. The number of methoxy groups -OCH3 is 1. The molecule has 0 bridgehead atoms. The monoisotopic (exact) mass is 292 g/mol. The molecule has 5 heteroatoms. The van der Waals surface area contributed by atoms with Gasteiger partial charge in [-0.25, -0.2) is 5.43 Å². The van der Waals surface area contributed by atoms with Crippen molar-refractivity contribution in [2.45, 2.75) is 51.1 Å². The predicted molar refractivity (Wildman–Crippen MR) is 85.0 cm³/mol. The van der Waals surface area contributed by atoms with Gasteiger partial charge in [-0.1, -0.05) is 13.8 Å². The lowest BCUT2D eigenvalue weighted by Gasteiger charge is -2.46. The molecule has 2 heterocycles. The molecular formula is C16H28N4O. The summed E-state index contributed by atoms with van der Waals surface area (Å²) in [6.45, 7) is 6.74. The van der Waals surface area contributed by atoms with Crippen molar-refractivity contribution >= 4 is 0 Å². The van der Waals surface area contributed by atoms with Crippen molar-refractivity contribution in [1.82, 2.24) is 15.3 Å². The van der Waals surface area contributed by atoms with Crippen LogP contribution in [0.3, 0.4) is 0 Å². The Morgan fingerprint density at radius 3 is 2.57 bits per heavy atom. The molecule has 1 fully saturated rings. The molecule has 1 aliphatic rings. The molecule has 0 saturated carbocycles. The highest BCUT2D eigenvalue weighted by Crippen LogP contribution is 2.40. The summed E-state index contributed by atoms with van der Waals surface area (Å²) >= 11 is 0. The van der Waals surface area contributed by atoms with Crippen molar-refractivity contribution in [2.24, 2.45) is 5.84 Å².